The Bertz CT molecular complexity index is 532. The highest BCUT2D eigenvalue weighted by Crippen LogP contribution is 2.22. The molecule has 0 spiro atoms. The van der Waals surface area contributed by atoms with Crippen LogP contribution in [0.2, 0.25) is 0 Å². The van der Waals surface area contributed by atoms with E-state index in [1.807, 2.05) is 6.07 Å². The molecule has 1 unspecified atom stereocenters. The number of anilines is 2. The van der Waals surface area contributed by atoms with Crippen molar-refractivity contribution in [3.63, 3.8) is 0 Å². The van der Waals surface area contributed by atoms with Gasteiger partial charge in [0.1, 0.15) is 0 Å². The van der Waals surface area contributed by atoms with Gasteiger partial charge in [0.15, 0.2) is 0 Å². The van der Waals surface area contributed by atoms with E-state index >= 15 is 0 Å². The van der Waals surface area contributed by atoms with Gasteiger partial charge in [-0.05, 0) is 24.8 Å². The smallest absolute Gasteiger partial charge is 0.322 e. The molecule has 0 fully saturated rings. The van der Waals surface area contributed by atoms with E-state index in [0.717, 1.165) is 13.0 Å². The minimum absolute atomic E-state index is 0.140. The second-order valence-electron chi connectivity index (χ2n) is 4.28. The first-order valence-electron chi connectivity index (χ1n) is 6.56. The van der Waals surface area contributed by atoms with Gasteiger partial charge >= 0.3 is 6.01 Å². The molecule has 2 aromatic heterocycles. The molecule has 1 atom stereocenters. The SMILES string of the molecule is CCCNc1nc(NC(C)c2cccs2)nc(OC)n1. The Morgan fingerprint density at radius 3 is 2.75 bits per heavy atom. The lowest BCUT2D eigenvalue weighted by Gasteiger charge is -2.13. The van der Waals surface area contributed by atoms with Crippen molar-refractivity contribution in [1.29, 1.82) is 0 Å². The molecular weight excluding hydrogens is 274 g/mol. The summed E-state index contributed by atoms with van der Waals surface area (Å²) in [7, 11) is 1.55. The Morgan fingerprint density at radius 2 is 2.10 bits per heavy atom. The van der Waals surface area contributed by atoms with Gasteiger partial charge in [-0.3, -0.25) is 0 Å². The van der Waals surface area contributed by atoms with Crippen molar-refractivity contribution in [2.75, 3.05) is 24.3 Å². The summed E-state index contributed by atoms with van der Waals surface area (Å²) in [6.07, 6.45) is 1.00. The van der Waals surface area contributed by atoms with Crippen LogP contribution < -0.4 is 15.4 Å². The molecule has 2 aromatic rings. The summed E-state index contributed by atoms with van der Waals surface area (Å²) in [5, 5.41) is 8.45. The lowest BCUT2D eigenvalue weighted by atomic mass is 10.3. The Hall–Kier alpha value is -1.89. The van der Waals surface area contributed by atoms with Gasteiger partial charge in [-0.2, -0.15) is 15.0 Å². The maximum Gasteiger partial charge on any atom is 0.322 e. The van der Waals surface area contributed by atoms with Crippen LogP contribution in [0.15, 0.2) is 17.5 Å². The number of nitrogens with zero attached hydrogens (tertiary/aromatic N) is 3. The van der Waals surface area contributed by atoms with Gasteiger partial charge in [-0.15, -0.1) is 11.3 Å². The molecule has 0 aliphatic rings. The average molecular weight is 293 g/mol. The van der Waals surface area contributed by atoms with Crippen LogP contribution in [0, 0.1) is 0 Å². The molecule has 0 saturated carbocycles. The van der Waals surface area contributed by atoms with Crippen molar-refractivity contribution in [1.82, 2.24) is 15.0 Å². The summed E-state index contributed by atoms with van der Waals surface area (Å²) in [6.45, 7) is 4.97. The van der Waals surface area contributed by atoms with Crippen LogP contribution in [-0.2, 0) is 0 Å². The standard InChI is InChI=1S/C13H19N5OS/c1-4-7-14-11-16-12(18-13(17-11)19-3)15-9(2)10-6-5-8-20-10/h5-6,8-9H,4,7H2,1-3H3,(H2,14,15,16,17,18). The van der Waals surface area contributed by atoms with Crippen molar-refractivity contribution in [2.45, 2.75) is 26.3 Å². The van der Waals surface area contributed by atoms with E-state index in [2.05, 4.69) is 50.9 Å². The zero-order valence-corrected chi connectivity index (χ0v) is 12.7. The summed E-state index contributed by atoms with van der Waals surface area (Å²) in [5.74, 6) is 1.04. The van der Waals surface area contributed by atoms with E-state index in [1.165, 1.54) is 4.88 Å². The Kier molecular flexibility index (Phi) is 5.11. The molecule has 6 nitrogen and oxygen atoms in total. The molecule has 108 valence electrons. The van der Waals surface area contributed by atoms with Crippen LogP contribution in [-0.4, -0.2) is 28.6 Å². The summed E-state index contributed by atoms with van der Waals surface area (Å²) in [5.41, 5.74) is 0. The lowest BCUT2D eigenvalue weighted by molar-refractivity contribution is 0.379. The van der Waals surface area contributed by atoms with Crippen molar-refractivity contribution < 1.29 is 4.74 Å². The third-order valence-electron chi connectivity index (χ3n) is 2.65. The van der Waals surface area contributed by atoms with Gasteiger partial charge in [0, 0.05) is 11.4 Å². The van der Waals surface area contributed by atoms with Gasteiger partial charge < -0.3 is 15.4 Å². The number of rotatable bonds is 7. The quantitative estimate of drug-likeness (QED) is 0.818. The third-order valence-corrected chi connectivity index (χ3v) is 3.70. The van der Waals surface area contributed by atoms with Gasteiger partial charge in [0.2, 0.25) is 11.9 Å². The number of hydrogen-bond donors (Lipinski definition) is 2. The Balaban J connectivity index is 2.13. The van der Waals surface area contributed by atoms with E-state index in [1.54, 1.807) is 18.4 Å². The fourth-order valence-electron chi connectivity index (χ4n) is 1.63. The van der Waals surface area contributed by atoms with Crippen LogP contribution in [0.1, 0.15) is 31.2 Å². The highest BCUT2D eigenvalue weighted by atomic mass is 32.1. The van der Waals surface area contributed by atoms with Gasteiger partial charge in [-0.1, -0.05) is 13.0 Å². The van der Waals surface area contributed by atoms with Crippen molar-refractivity contribution in [2.24, 2.45) is 0 Å². The first-order chi connectivity index (χ1) is 9.72. The molecule has 2 heterocycles. The molecule has 7 heteroatoms. The van der Waals surface area contributed by atoms with Crippen LogP contribution in [0.4, 0.5) is 11.9 Å². The predicted octanol–water partition coefficient (Wildman–Crippen LogP) is 2.94. The van der Waals surface area contributed by atoms with Crippen molar-refractivity contribution >= 4 is 23.2 Å². The molecule has 20 heavy (non-hydrogen) atoms. The molecule has 0 aliphatic carbocycles. The fraction of sp³-hybridized carbons (Fsp3) is 0.462. The normalized spacial score (nSPS) is 11.9. The maximum absolute atomic E-state index is 5.11. The molecule has 0 amide bonds. The third kappa shape index (κ3) is 3.80. The average Bonchev–Trinajstić information content (AvgIpc) is 2.99. The predicted molar refractivity (Wildman–Crippen MR) is 81.5 cm³/mol. The van der Waals surface area contributed by atoms with E-state index in [0.29, 0.717) is 17.9 Å². The summed E-state index contributed by atoms with van der Waals surface area (Å²) < 4.78 is 5.11. The minimum Gasteiger partial charge on any atom is -0.467 e. The van der Waals surface area contributed by atoms with Crippen LogP contribution >= 0.6 is 11.3 Å². The lowest BCUT2D eigenvalue weighted by Crippen LogP contribution is -2.12. The van der Waals surface area contributed by atoms with Gasteiger partial charge in [0.25, 0.3) is 0 Å². The molecule has 0 saturated heterocycles. The van der Waals surface area contributed by atoms with Crippen LogP contribution in [0.3, 0.4) is 0 Å². The van der Waals surface area contributed by atoms with Crippen molar-refractivity contribution in [3.05, 3.63) is 22.4 Å². The monoisotopic (exact) mass is 293 g/mol. The molecule has 0 bridgehead atoms. The van der Waals surface area contributed by atoms with E-state index in [9.17, 15) is 0 Å². The van der Waals surface area contributed by atoms with Crippen LogP contribution in [0.25, 0.3) is 0 Å². The summed E-state index contributed by atoms with van der Waals surface area (Å²) >= 11 is 1.70. The maximum atomic E-state index is 5.11. The second-order valence-corrected chi connectivity index (χ2v) is 5.26. The number of hydrogen-bond acceptors (Lipinski definition) is 7. The highest BCUT2D eigenvalue weighted by Gasteiger charge is 2.11. The van der Waals surface area contributed by atoms with E-state index in [-0.39, 0.29) is 6.04 Å². The Labute approximate surface area is 122 Å². The summed E-state index contributed by atoms with van der Waals surface area (Å²) in [4.78, 5) is 14.0. The number of ether oxygens (including phenoxy) is 1. The number of aromatic nitrogens is 3. The summed E-state index contributed by atoms with van der Waals surface area (Å²) in [6, 6.07) is 4.55. The minimum atomic E-state index is 0.140. The molecule has 2 rings (SSSR count). The zero-order valence-electron chi connectivity index (χ0n) is 11.9. The number of nitrogens with one attached hydrogen (secondary N) is 2. The topological polar surface area (TPSA) is 72.0 Å². The fourth-order valence-corrected chi connectivity index (χ4v) is 2.37. The van der Waals surface area contributed by atoms with E-state index in [4.69, 9.17) is 4.74 Å². The van der Waals surface area contributed by atoms with Crippen molar-refractivity contribution in [3.8, 4) is 6.01 Å². The first-order valence-corrected chi connectivity index (χ1v) is 7.44. The van der Waals surface area contributed by atoms with E-state index < -0.39 is 0 Å². The molecule has 0 aromatic carbocycles. The van der Waals surface area contributed by atoms with Gasteiger partial charge in [-0.25, -0.2) is 0 Å². The molecule has 0 aliphatic heterocycles. The van der Waals surface area contributed by atoms with Crippen LogP contribution in [0.5, 0.6) is 6.01 Å². The number of methoxy groups -OCH3 is 1. The van der Waals surface area contributed by atoms with Gasteiger partial charge in [0.05, 0.1) is 13.2 Å². The highest BCUT2D eigenvalue weighted by molar-refractivity contribution is 7.10. The molecule has 2 N–H and O–H groups in total. The largest absolute Gasteiger partial charge is 0.467 e. The second kappa shape index (κ2) is 7.04. The number of thiophene rings is 1. The molecular formula is C13H19N5OS. The zero-order chi connectivity index (χ0) is 14.4. The molecule has 0 radical (unpaired) electrons. The first kappa shape index (κ1) is 14.5. The Morgan fingerprint density at radius 1 is 1.30 bits per heavy atom.